The molecule has 1 aliphatic rings. The molecule has 10 aromatic rings. The predicted molar refractivity (Wildman–Crippen MR) is 234 cm³/mol. The molecule has 0 saturated heterocycles. The largest absolute Gasteiger partial charge is 0.228 e. The Morgan fingerprint density at radius 1 is 0.250 bits per heavy atom. The zero-order chi connectivity index (χ0) is 37.0. The molecule has 0 N–H and O–H groups in total. The van der Waals surface area contributed by atoms with Crippen molar-refractivity contribution in [2.45, 2.75) is 0 Å². The number of nitrogens with zero attached hydrogens (tertiary/aromatic N) is 2. The summed E-state index contributed by atoms with van der Waals surface area (Å²) in [5, 5.41) is 5.08. The van der Waals surface area contributed by atoms with Gasteiger partial charge in [-0.15, -0.1) is 0 Å². The molecule has 11 rings (SSSR count). The number of rotatable bonds is 6. The minimum Gasteiger partial charge on any atom is -0.228 e. The normalized spacial score (nSPS) is 11.6. The van der Waals surface area contributed by atoms with Crippen molar-refractivity contribution in [1.82, 2.24) is 9.97 Å². The second kappa shape index (κ2) is 13.2. The van der Waals surface area contributed by atoms with E-state index in [1.165, 1.54) is 71.6 Å². The van der Waals surface area contributed by atoms with E-state index in [1.807, 2.05) is 12.1 Å². The first-order valence-electron chi connectivity index (χ1n) is 19.1. The van der Waals surface area contributed by atoms with E-state index in [4.69, 9.17) is 9.97 Å². The molecule has 0 radical (unpaired) electrons. The van der Waals surface area contributed by atoms with E-state index in [0.29, 0.717) is 5.82 Å². The third-order valence-electron chi connectivity index (χ3n) is 11.3. The molecule has 0 fully saturated rings. The minimum absolute atomic E-state index is 0.706. The van der Waals surface area contributed by atoms with Gasteiger partial charge in [-0.1, -0.05) is 188 Å². The van der Waals surface area contributed by atoms with Crippen LogP contribution in [0.2, 0.25) is 0 Å². The van der Waals surface area contributed by atoms with Gasteiger partial charge in [-0.05, 0) is 95.4 Å². The maximum atomic E-state index is 5.07. The molecule has 9 aromatic carbocycles. The van der Waals surface area contributed by atoms with Crippen molar-refractivity contribution in [2.75, 3.05) is 0 Å². The number of fused-ring (bicyclic) bond motifs is 4. The Morgan fingerprint density at radius 3 is 1.23 bits per heavy atom. The molecule has 56 heavy (non-hydrogen) atoms. The topological polar surface area (TPSA) is 25.8 Å². The van der Waals surface area contributed by atoms with Gasteiger partial charge in [-0.3, -0.25) is 0 Å². The number of hydrogen-bond acceptors (Lipinski definition) is 2. The zero-order valence-electron chi connectivity index (χ0n) is 30.5. The van der Waals surface area contributed by atoms with Crippen LogP contribution in [0.4, 0.5) is 0 Å². The summed E-state index contributed by atoms with van der Waals surface area (Å²) in [6.07, 6.45) is 0. The van der Waals surface area contributed by atoms with Crippen molar-refractivity contribution in [3.8, 4) is 89.5 Å². The fraction of sp³-hybridized carbons (Fsp3) is 0. The summed E-state index contributed by atoms with van der Waals surface area (Å²) in [5.74, 6) is 0.706. The van der Waals surface area contributed by atoms with Crippen LogP contribution in [0.3, 0.4) is 0 Å². The summed E-state index contributed by atoms with van der Waals surface area (Å²) in [5.41, 5.74) is 17.4. The SMILES string of the molecule is c1ccc(-c2cc(-c3ccccc3)nc(-c3ccc(-c4cc5ccccc5cc4-c4ccc(-c5ccc6c7c(cccc57)-c5ccccc5-6)cc4)cc3)n2)cc1. The lowest BCUT2D eigenvalue weighted by atomic mass is 9.89. The first kappa shape index (κ1) is 32.0. The summed E-state index contributed by atoms with van der Waals surface area (Å²) in [6.45, 7) is 0. The average molecular weight is 711 g/mol. The van der Waals surface area contributed by atoms with E-state index in [9.17, 15) is 0 Å². The molecule has 0 bridgehead atoms. The third kappa shape index (κ3) is 5.42. The maximum Gasteiger partial charge on any atom is 0.160 e. The summed E-state index contributed by atoms with van der Waals surface area (Å²) in [7, 11) is 0. The predicted octanol–water partition coefficient (Wildman–Crippen LogP) is 14.4. The summed E-state index contributed by atoms with van der Waals surface area (Å²) >= 11 is 0. The van der Waals surface area contributed by atoms with Crippen LogP contribution in [0.5, 0.6) is 0 Å². The standard InChI is InChI=1S/C54H34N2/c1-3-12-38(13-4-1)51-34-52(39-14-5-2-6-15-39)56-54(55-51)40-28-26-37(27-29-40)50-33-42-17-8-7-16-41(42)32-49(50)36-24-22-35(23-25-36)43-30-31-48-45-19-10-9-18-44(45)47-21-11-20-46(43)53(47)48/h1-34H. The van der Waals surface area contributed by atoms with Crippen molar-refractivity contribution in [3.63, 3.8) is 0 Å². The summed E-state index contributed by atoms with van der Waals surface area (Å²) < 4.78 is 0. The van der Waals surface area contributed by atoms with Crippen LogP contribution in [0.15, 0.2) is 206 Å². The molecule has 260 valence electrons. The molecular formula is C54H34N2. The maximum absolute atomic E-state index is 5.07. The van der Waals surface area contributed by atoms with Gasteiger partial charge in [0.1, 0.15) is 0 Å². The van der Waals surface area contributed by atoms with E-state index < -0.39 is 0 Å². The Labute approximate surface area is 326 Å². The molecular weight excluding hydrogens is 677 g/mol. The monoisotopic (exact) mass is 710 g/mol. The van der Waals surface area contributed by atoms with Gasteiger partial charge in [-0.25, -0.2) is 9.97 Å². The second-order valence-corrected chi connectivity index (χ2v) is 14.5. The first-order valence-corrected chi connectivity index (χ1v) is 19.1. The Bertz CT molecular complexity index is 3010. The van der Waals surface area contributed by atoms with Crippen molar-refractivity contribution in [3.05, 3.63) is 206 Å². The van der Waals surface area contributed by atoms with Crippen molar-refractivity contribution in [1.29, 1.82) is 0 Å². The highest BCUT2D eigenvalue weighted by Gasteiger charge is 2.22. The van der Waals surface area contributed by atoms with Gasteiger partial charge in [0, 0.05) is 16.7 Å². The van der Waals surface area contributed by atoms with E-state index in [0.717, 1.165) is 33.6 Å². The van der Waals surface area contributed by atoms with Crippen LogP contribution in [0.25, 0.3) is 111 Å². The fourth-order valence-electron chi connectivity index (χ4n) is 8.50. The van der Waals surface area contributed by atoms with Crippen molar-refractivity contribution in [2.24, 2.45) is 0 Å². The molecule has 0 unspecified atom stereocenters. The smallest absolute Gasteiger partial charge is 0.160 e. The van der Waals surface area contributed by atoms with Gasteiger partial charge in [0.15, 0.2) is 5.82 Å². The third-order valence-corrected chi connectivity index (χ3v) is 11.3. The van der Waals surface area contributed by atoms with Gasteiger partial charge < -0.3 is 0 Å². The quantitative estimate of drug-likeness (QED) is 0.172. The number of hydrogen-bond donors (Lipinski definition) is 0. The molecule has 1 aromatic heterocycles. The Morgan fingerprint density at radius 2 is 0.679 bits per heavy atom. The lowest BCUT2D eigenvalue weighted by Gasteiger charge is -2.15. The molecule has 0 atom stereocenters. The van der Waals surface area contributed by atoms with Crippen LogP contribution in [0.1, 0.15) is 0 Å². The van der Waals surface area contributed by atoms with E-state index in [-0.39, 0.29) is 0 Å². The molecule has 0 aliphatic heterocycles. The first-order chi connectivity index (χ1) is 27.7. The molecule has 0 amide bonds. The molecule has 2 heteroatoms. The molecule has 1 heterocycles. The van der Waals surface area contributed by atoms with E-state index in [2.05, 4.69) is 194 Å². The van der Waals surface area contributed by atoms with E-state index >= 15 is 0 Å². The van der Waals surface area contributed by atoms with E-state index in [1.54, 1.807) is 0 Å². The number of aromatic nitrogens is 2. The average Bonchev–Trinajstić information content (AvgIpc) is 3.61. The molecule has 2 nitrogen and oxygen atoms in total. The van der Waals surface area contributed by atoms with Crippen LogP contribution < -0.4 is 0 Å². The highest BCUT2D eigenvalue weighted by Crippen LogP contribution is 2.49. The van der Waals surface area contributed by atoms with Gasteiger partial charge >= 0.3 is 0 Å². The Balaban J connectivity index is 0.985. The molecule has 0 spiro atoms. The minimum atomic E-state index is 0.706. The van der Waals surface area contributed by atoms with Crippen molar-refractivity contribution < 1.29 is 0 Å². The van der Waals surface area contributed by atoms with Crippen LogP contribution in [0, 0.1) is 0 Å². The second-order valence-electron chi connectivity index (χ2n) is 14.5. The molecule has 1 aliphatic carbocycles. The Hall–Kier alpha value is -7.42. The zero-order valence-corrected chi connectivity index (χ0v) is 30.5. The fourth-order valence-corrected chi connectivity index (χ4v) is 8.50. The molecule has 0 saturated carbocycles. The van der Waals surface area contributed by atoms with Crippen LogP contribution >= 0.6 is 0 Å². The van der Waals surface area contributed by atoms with Gasteiger partial charge in [0.25, 0.3) is 0 Å². The summed E-state index contributed by atoms with van der Waals surface area (Å²) in [6, 6.07) is 74.0. The highest BCUT2D eigenvalue weighted by molar-refractivity contribution is 6.18. The highest BCUT2D eigenvalue weighted by atomic mass is 14.9. The lowest BCUT2D eigenvalue weighted by molar-refractivity contribution is 1.18. The summed E-state index contributed by atoms with van der Waals surface area (Å²) in [4.78, 5) is 10.1. The van der Waals surface area contributed by atoms with Crippen molar-refractivity contribution >= 4 is 21.5 Å². The van der Waals surface area contributed by atoms with Crippen LogP contribution in [-0.4, -0.2) is 9.97 Å². The van der Waals surface area contributed by atoms with Crippen LogP contribution in [-0.2, 0) is 0 Å². The lowest BCUT2D eigenvalue weighted by Crippen LogP contribution is -1.96. The van der Waals surface area contributed by atoms with Gasteiger partial charge in [0.2, 0.25) is 0 Å². The number of benzene rings is 9. The Kier molecular flexibility index (Phi) is 7.53. The van der Waals surface area contributed by atoms with Gasteiger partial charge in [-0.2, -0.15) is 0 Å². The van der Waals surface area contributed by atoms with Gasteiger partial charge in [0.05, 0.1) is 11.4 Å².